The van der Waals surface area contributed by atoms with E-state index in [0.717, 1.165) is 39.1 Å². The summed E-state index contributed by atoms with van der Waals surface area (Å²) >= 11 is 0. The molecule has 3 unspecified atom stereocenters. The molecule has 0 saturated carbocycles. The van der Waals surface area contributed by atoms with Crippen LogP contribution in [0.5, 0.6) is 17.2 Å². The Morgan fingerprint density at radius 2 is 1.43 bits per heavy atom. The van der Waals surface area contributed by atoms with Crippen molar-refractivity contribution in [3.8, 4) is 17.2 Å². The van der Waals surface area contributed by atoms with Gasteiger partial charge in [-0.25, -0.2) is 4.79 Å². The standard InChI is InChI=1S/C37H36O9/c1-3-35(38)45-19-17-42-16-18-43-33-14-15-34(27-10-5-4-9-26(27)33)44-20-21-46-36(39)32-23-28-25-8-6-7-11-30(25)37(32,40)31-13-12-24(41-2)22-29(28)31/h3-15,22,28,32,40H,1,16-21,23H2,2H3. The van der Waals surface area contributed by atoms with Gasteiger partial charge in [0.2, 0.25) is 0 Å². The number of benzene rings is 4. The molecule has 3 atom stereocenters. The van der Waals surface area contributed by atoms with E-state index < -0.39 is 23.5 Å². The zero-order valence-corrected chi connectivity index (χ0v) is 25.6. The molecular formula is C37H36O9. The molecule has 2 bridgehead atoms. The van der Waals surface area contributed by atoms with Crippen molar-refractivity contribution in [1.82, 2.24) is 0 Å². The van der Waals surface area contributed by atoms with Crippen LogP contribution in [0, 0.1) is 5.92 Å². The molecular weight excluding hydrogens is 588 g/mol. The first-order valence-corrected chi connectivity index (χ1v) is 15.3. The van der Waals surface area contributed by atoms with Gasteiger partial charge in [0.25, 0.3) is 0 Å². The summed E-state index contributed by atoms with van der Waals surface area (Å²) in [6.07, 6.45) is 1.55. The number of carbonyl (C=O) groups is 2. The van der Waals surface area contributed by atoms with Crippen LogP contribution in [-0.4, -0.2) is 63.8 Å². The van der Waals surface area contributed by atoms with Crippen LogP contribution in [0.25, 0.3) is 10.8 Å². The Labute approximate surface area is 267 Å². The Kier molecular flexibility index (Phi) is 9.23. The fourth-order valence-electron chi connectivity index (χ4n) is 6.53. The molecule has 0 fully saturated rings. The summed E-state index contributed by atoms with van der Waals surface area (Å²) in [6.45, 7) is 4.56. The molecule has 0 heterocycles. The number of carbonyl (C=O) groups excluding carboxylic acids is 2. The molecule has 9 heteroatoms. The Morgan fingerprint density at radius 1 is 0.804 bits per heavy atom. The lowest BCUT2D eigenvalue weighted by Gasteiger charge is -2.50. The Bertz CT molecular complexity index is 1750. The van der Waals surface area contributed by atoms with E-state index in [1.807, 2.05) is 78.9 Å². The van der Waals surface area contributed by atoms with E-state index in [1.165, 1.54) is 0 Å². The normalized spacial score (nSPS) is 19.1. The molecule has 0 amide bonds. The van der Waals surface area contributed by atoms with Gasteiger partial charge in [-0.1, -0.05) is 61.2 Å². The zero-order valence-electron chi connectivity index (χ0n) is 25.6. The maximum Gasteiger partial charge on any atom is 0.330 e. The maximum absolute atomic E-state index is 13.5. The molecule has 238 valence electrons. The fourth-order valence-corrected chi connectivity index (χ4v) is 6.53. The molecule has 4 aromatic rings. The smallest absolute Gasteiger partial charge is 0.330 e. The van der Waals surface area contributed by atoms with Crippen molar-refractivity contribution in [3.05, 3.63) is 114 Å². The van der Waals surface area contributed by atoms with E-state index >= 15 is 0 Å². The minimum absolute atomic E-state index is 0.0270. The number of fused-ring (bicyclic) bond motifs is 2. The second-order valence-corrected chi connectivity index (χ2v) is 11.1. The van der Waals surface area contributed by atoms with Gasteiger partial charge in [0, 0.05) is 22.8 Å². The molecule has 0 saturated heterocycles. The maximum atomic E-state index is 13.5. The number of hydrogen-bond acceptors (Lipinski definition) is 9. The summed E-state index contributed by atoms with van der Waals surface area (Å²) in [5, 5.41) is 13.9. The first-order valence-electron chi connectivity index (χ1n) is 15.3. The molecule has 1 N–H and O–H groups in total. The van der Waals surface area contributed by atoms with E-state index in [4.69, 9.17) is 28.4 Å². The molecule has 46 heavy (non-hydrogen) atoms. The van der Waals surface area contributed by atoms with E-state index in [0.29, 0.717) is 36.9 Å². The van der Waals surface area contributed by atoms with Crippen molar-refractivity contribution in [3.63, 3.8) is 0 Å². The highest BCUT2D eigenvalue weighted by Crippen LogP contribution is 2.58. The lowest BCUT2D eigenvalue weighted by molar-refractivity contribution is -0.160. The quantitative estimate of drug-likeness (QED) is 0.114. The van der Waals surface area contributed by atoms with Gasteiger partial charge >= 0.3 is 11.9 Å². The lowest BCUT2D eigenvalue weighted by atomic mass is 9.56. The van der Waals surface area contributed by atoms with Crippen LogP contribution < -0.4 is 14.2 Å². The van der Waals surface area contributed by atoms with Crippen molar-refractivity contribution in [1.29, 1.82) is 0 Å². The second-order valence-electron chi connectivity index (χ2n) is 11.1. The van der Waals surface area contributed by atoms with Gasteiger partial charge in [-0.3, -0.25) is 4.79 Å². The van der Waals surface area contributed by atoms with Gasteiger partial charge in [-0.05, 0) is 52.9 Å². The van der Waals surface area contributed by atoms with Crippen LogP contribution in [0.1, 0.15) is 34.6 Å². The van der Waals surface area contributed by atoms with Gasteiger partial charge in [0.05, 0.1) is 26.2 Å². The third-order valence-electron chi connectivity index (χ3n) is 8.60. The summed E-state index contributed by atoms with van der Waals surface area (Å²) in [6, 6.07) is 24.7. The van der Waals surface area contributed by atoms with Gasteiger partial charge in [-0.2, -0.15) is 0 Å². The highest BCUT2D eigenvalue weighted by molar-refractivity contribution is 5.93. The molecule has 0 spiro atoms. The van der Waals surface area contributed by atoms with Gasteiger partial charge < -0.3 is 33.5 Å². The molecule has 7 rings (SSSR count). The third kappa shape index (κ3) is 5.91. The predicted molar refractivity (Wildman–Crippen MR) is 170 cm³/mol. The monoisotopic (exact) mass is 624 g/mol. The van der Waals surface area contributed by atoms with Gasteiger partial charge in [-0.15, -0.1) is 0 Å². The molecule has 3 aliphatic rings. The van der Waals surface area contributed by atoms with Crippen LogP contribution in [0.15, 0.2) is 91.5 Å². The number of esters is 2. The third-order valence-corrected chi connectivity index (χ3v) is 8.60. The summed E-state index contributed by atoms with van der Waals surface area (Å²) in [7, 11) is 1.62. The molecule has 9 nitrogen and oxygen atoms in total. The highest BCUT2D eigenvalue weighted by Gasteiger charge is 2.56. The summed E-state index contributed by atoms with van der Waals surface area (Å²) in [5.41, 5.74) is 1.97. The Hall–Kier alpha value is -4.86. The number of rotatable bonds is 14. The molecule has 3 aliphatic carbocycles. The minimum atomic E-state index is -1.50. The van der Waals surface area contributed by atoms with E-state index in [1.54, 1.807) is 7.11 Å². The first-order chi connectivity index (χ1) is 22.5. The van der Waals surface area contributed by atoms with E-state index in [9.17, 15) is 14.7 Å². The lowest BCUT2D eigenvalue weighted by Crippen LogP contribution is -2.50. The number of aliphatic hydroxyl groups is 1. The molecule has 0 aromatic heterocycles. The average Bonchev–Trinajstić information content (AvgIpc) is 3.09. The molecule has 0 radical (unpaired) electrons. The largest absolute Gasteiger partial charge is 0.497 e. The first kappa shape index (κ1) is 31.1. The zero-order chi connectivity index (χ0) is 32.1. The van der Waals surface area contributed by atoms with Crippen molar-refractivity contribution in [2.45, 2.75) is 17.9 Å². The van der Waals surface area contributed by atoms with Crippen LogP contribution >= 0.6 is 0 Å². The van der Waals surface area contributed by atoms with E-state index in [-0.39, 0.29) is 32.3 Å². The highest BCUT2D eigenvalue weighted by atomic mass is 16.6. The molecule has 0 aliphatic heterocycles. The SMILES string of the molecule is C=CC(=O)OCCOCCOc1ccc(OCCOC(=O)C2CC3c4ccccc4C2(O)c2ccc(OC)cc23)c2ccccc12. The van der Waals surface area contributed by atoms with Crippen LogP contribution in [-0.2, 0) is 29.4 Å². The van der Waals surface area contributed by atoms with Crippen molar-refractivity contribution >= 4 is 22.7 Å². The predicted octanol–water partition coefficient (Wildman–Crippen LogP) is 5.30. The van der Waals surface area contributed by atoms with E-state index in [2.05, 4.69) is 6.58 Å². The van der Waals surface area contributed by atoms with Crippen LogP contribution in [0.3, 0.4) is 0 Å². The minimum Gasteiger partial charge on any atom is -0.497 e. The van der Waals surface area contributed by atoms with Gasteiger partial charge in [0.15, 0.2) is 0 Å². The number of ether oxygens (including phenoxy) is 6. The second kappa shape index (κ2) is 13.6. The van der Waals surface area contributed by atoms with Crippen LogP contribution in [0.4, 0.5) is 0 Å². The van der Waals surface area contributed by atoms with Crippen molar-refractivity contribution in [2.75, 3.05) is 46.8 Å². The van der Waals surface area contributed by atoms with Crippen molar-refractivity contribution in [2.24, 2.45) is 5.92 Å². The Morgan fingerprint density at radius 3 is 2.15 bits per heavy atom. The topological polar surface area (TPSA) is 110 Å². The summed E-state index contributed by atoms with van der Waals surface area (Å²) < 4.78 is 33.5. The Balaban J connectivity index is 1.06. The van der Waals surface area contributed by atoms with Crippen LogP contribution in [0.2, 0.25) is 0 Å². The molecule has 4 aromatic carbocycles. The number of methoxy groups -OCH3 is 1. The summed E-state index contributed by atoms with van der Waals surface area (Å²) in [4.78, 5) is 24.6. The fraction of sp³-hybridized carbons (Fsp3) is 0.297. The number of hydrogen-bond donors (Lipinski definition) is 1. The summed E-state index contributed by atoms with van der Waals surface area (Å²) in [5.74, 6) is 0.274. The van der Waals surface area contributed by atoms with Crippen molar-refractivity contribution < 1.29 is 43.1 Å². The van der Waals surface area contributed by atoms with Gasteiger partial charge in [0.1, 0.15) is 49.3 Å². The average molecular weight is 625 g/mol.